The lowest BCUT2D eigenvalue weighted by atomic mass is 9.93. The predicted octanol–water partition coefficient (Wildman–Crippen LogP) is 6.23. The van der Waals surface area contributed by atoms with Gasteiger partial charge in [-0.25, -0.2) is 4.79 Å². The van der Waals surface area contributed by atoms with Crippen molar-refractivity contribution in [2.45, 2.75) is 40.4 Å². The van der Waals surface area contributed by atoms with E-state index in [1.165, 1.54) is 0 Å². The van der Waals surface area contributed by atoms with Crippen molar-refractivity contribution < 1.29 is 18.8 Å². The third-order valence-electron chi connectivity index (χ3n) is 6.95. The minimum atomic E-state index is -0.847. The van der Waals surface area contributed by atoms with E-state index in [0.29, 0.717) is 40.9 Å². The fraction of sp³-hybridized carbons (Fsp3) is 0.281. The Labute approximate surface area is 227 Å². The number of aryl methyl sites for hydroxylation is 2. The van der Waals surface area contributed by atoms with E-state index in [2.05, 4.69) is 24.3 Å². The zero-order valence-electron chi connectivity index (χ0n) is 22.8. The van der Waals surface area contributed by atoms with Crippen molar-refractivity contribution in [3.63, 3.8) is 0 Å². The van der Waals surface area contributed by atoms with Crippen molar-refractivity contribution in [2.24, 2.45) is 5.41 Å². The lowest BCUT2D eigenvalue weighted by Gasteiger charge is -2.41. The quantitative estimate of drug-likeness (QED) is 0.246. The van der Waals surface area contributed by atoms with Crippen LogP contribution in [-0.4, -0.2) is 24.3 Å². The summed E-state index contributed by atoms with van der Waals surface area (Å²) in [6.45, 7) is 11.1. The molecule has 0 spiro atoms. The maximum atomic E-state index is 13.7. The van der Waals surface area contributed by atoms with E-state index >= 15 is 0 Å². The molecule has 1 saturated heterocycles. The molecule has 3 aromatic carbocycles. The molecule has 39 heavy (non-hydrogen) atoms. The van der Waals surface area contributed by atoms with E-state index in [4.69, 9.17) is 14.0 Å². The van der Waals surface area contributed by atoms with Crippen molar-refractivity contribution in [1.82, 2.24) is 5.16 Å². The van der Waals surface area contributed by atoms with Crippen LogP contribution in [0.3, 0.4) is 0 Å². The van der Waals surface area contributed by atoms with Gasteiger partial charge in [0.1, 0.15) is 0 Å². The number of fused-ring (bicyclic) bond motifs is 1. The highest BCUT2D eigenvalue weighted by atomic mass is 16.7. The SMILES string of the molecule is Cc1cccc(/C=C(/C(=O)Nc2ccc3c(=O)onc(C)c3c2)c2ccc(C3(C)OCC(C)(C)CO3)cc2)c1. The van der Waals surface area contributed by atoms with Crippen molar-refractivity contribution in [3.8, 4) is 0 Å². The summed E-state index contributed by atoms with van der Waals surface area (Å²) in [7, 11) is 0. The number of nitrogens with one attached hydrogen (secondary N) is 1. The Kier molecular flexibility index (Phi) is 6.97. The second kappa shape index (κ2) is 10.2. The summed E-state index contributed by atoms with van der Waals surface area (Å²) in [4.78, 5) is 25.7. The van der Waals surface area contributed by atoms with E-state index in [9.17, 15) is 9.59 Å². The summed E-state index contributed by atoms with van der Waals surface area (Å²) in [6, 6.07) is 20.7. The van der Waals surface area contributed by atoms with Gasteiger partial charge in [-0.15, -0.1) is 0 Å². The van der Waals surface area contributed by atoms with Crippen LogP contribution < -0.4 is 10.9 Å². The zero-order valence-corrected chi connectivity index (χ0v) is 22.8. The molecule has 1 N–H and O–H groups in total. The van der Waals surface area contributed by atoms with E-state index in [1.807, 2.05) is 68.5 Å². The van der Waals surface area contributed by atoms with Gasteiger partial charge in [0.05, 0.1) is 24.3 Å². The first-order chi connectivity index (χ1) is 18.5. The molecule has 1 amide bonds. The molecule has 0 aliphatic carbocycles. The van der Waals surface area contributed by atoms with Crippen LogP contribution in [0.1, 0.15) is 48.7 Å². The highest BCUT2D eigenvalue weighted by Crippen LogP contribution is 2.36. The number of ether oxygens (including phenoxy) is 2. The smallest absolute Gasteiger partial charge is 0.345 e. The van der Waals surface area contributed by atoms with Crippen molar-refractivity contribution >= 4 is 34.0 Å². The molecule has 1 aliphatic rings. The minimum Gasteiger partial charge on any atom is -0.345 e. The van der Waals surface area contributed by atoms with Crippen LogP contribution in [0.25, 0.3) is 22.4 Å². The Morgan fingerprint density at radius 2 is 1.64 bits per heavy atom. The molecule has 1 aliphatic heterocycles. The summed E-state index contributed by atoms with van der Waals surface area (Å²) < 4.78 is 17.0. The molecule has 0 radical (unpaired) electrons. The van der Waals surface area contributed by atoms with Crippen LogP contribution in [0, 0.1) is 19.3 Å². The van der Waals surface area contributed by atoms with E-state index < -0.39 is 11.4 Å². The molecular weight excluding hydrogens is 492 g/mol. The fourth-order valence-corrected chi connectivity index (χ4v) is 4.58. The highest BCUT2D eigenvalue weighted by molar-refractivity contribution is 6.29. The Balaban J connectivity index is 1.48. The van der Waals surface area contributed by atoms with Gasteiger partial charge in [0.2, 0.25) is 0 Å². The molecule has 4 aromatic rings. The first-order valence-electron chi connectivity index (χ1n) is 12.9. The number of rotatable bonds is 5. The summed E-state index contributed by atoms with van der Waals surface area (Å²) >= 11 is 0. The number of aromatic nitrogens is 1. The number of hydrogen-bond acceptors (Lipinski definition) is 6. The van der Waals surface area contributed by atoms with Gasteiger partial charge in [0.15, 0.2) is 5.79 Å². The second-order valence-corrected chi connectivity index (χ2v) is 11.0. The number of nitrogens with zero attached hydrogens (tertiary/aromatic N) is 1. The Bertz CT molecular complexity index is 1620. The summed E-state index contributed by atoms with van der Waals surface area (Å²) in [6.07, 6.45) is 1.87. The van der Waals surface area contributed by atoms with Crippen molar-refractivity contribution in [2.75, 3.05) is 18.5 Å². The maximum Gasteiger partial charge on any atom is 0.366 e. The van der Waals surface area contributed by atoms with Gasteiger partial charge in [-0.2, -0.15) is 0 Å². The molecule has 0 unspecified atom stereocenters. The average molecular weight is 525 g/mol. The summed E-state index contributed by atoms with van der Waals surface area (Å²) in [5.74, 6) is -1.13. The van der Waals surface area contributed by atoms with E-state index in [-0.39, 0.29) is 11.3 Å². The third kappa shape index (κ3) is 5.70. The molecule has 5 rings (SSSR count). The molecule has 200 valence electrons. The van der Waals surface area contributed by atoms with Crippen LogP contribution in [-0.2, 0) is 20.1 Å². The number of amides is 1. The normalized spacial score (nSPS) is 16.7. The minimum absolute atomic E-state index is 0.0390. The van der Waals surface area contributed by atoms with Gasteiger partial charge in [-0.3, -0.25) is 4.79 Å². The molecule has 0 atom stereocenters. The summed E-state index contributed by atoms with van der Waals surface area (Å²) in [5.41, 5.74) is 4.69. The number of carbonyl (C=O) groups excluding carboxylic acids is 1. The molecule has 0 bridgehead atoms. The van der Waals surface area contributed by atoms with Crippen LogP contribution in [0.5, 0.6) is 0 Å². The zero-order chi connectivity index (χ0) is 27.8. The molecule has 7 nitrogen and oxygen atoms in total. The standard InChI is InChI=1S/C32H32N2O5/c1-20-7-6-8-22(15-20)16-28(23-9-11-24(12-10-23)32(5)37-18-31(3,4)19-38-32)29(35)33-25-13-14-26-27(17-25)21(2)34-39-30(26)36/h6-17H,18-19H2,1-5H3,(H,33,35)/b28-16+. The van der Waals surface area contributed by atoms with Gasteiger partial charge in [0.25, 0.3) is 5.91 Å². The van der Waals surface area contributed by atoms with Crippen molar-refractivity contribution in [1.29, 1.82) is 0 Å². The van der Waals surface area contributed by atoms with Gasteiger partial charge in [-0.05, 0) is 56.2 Å². The van der Waals surface area contributed by atoms with Gasteiger partial charge in [-0.1, -0.05) is 73.1 Å². The Hall–Kier alpha value is -4.07. The van der Waals surface area contributed by atoms with Gasteiger partial charge < -0.3 is 19.3 Å². The lowest BCUT2D eigenvalue weighted by Crippen LogP contribution is -2.43. The molecular formula is C32H32N2O5. The van der Waals surface area contributed by atoms with Crippen LogP contribution in [0.4, 0.5) is 5.69 Å². The van der Waals surface area contributed by atoms with Crippen LogP contribution in [0.15, 0.2) is 76.0 Å². The Morgan fingerprint density at radius 1 is 0.923 bits per heavy atom. The second-order valence-electron chi connectivity index (χ2n) is 11.0. The number of anilines is 1. The highest BCUT2D eigenvalue weighted by Gasteiger charge is 2.38. The predicted molar refractivity (Wildman–Crippen MR) is 152 cm³/mol. The lowest BCUT2D eigenvalue weighted by molar-refractivity contribution is -0.298. The van der Waals surface area contributed by atoms with Crippen LogP contribution >= 0.6 is 0 Å². The average Bonchev–Trinajstić information content (AvgIpc) is 2.91. The first kappa shape index (κ1) is 26.5. The molecule has 0 saturated carbocycles. The van der Waals surface area contributed by atoms with Crippen molar-refractivity contribution in [3.05, 3.63) is 105 Å². The number of carbonyl (C=O) groups is 1. The summed E-state index contributed by atoms with van der Waals surface area (Å²) in [5, 5.41) is 7.83. The molecule has 7 heteroatoms. The van der Waals surface area contributed by atoms with Gasteiger partial charge in [0, 0.05) is 27.6 Å². The van der Waals surface area contributed by atoms with Crippen LogP contribution in [0.2, 0.25) is 0 Å². The third-order valence-corrected chi connectivity index (χ3v) is 6.95. The molecule has 2 heterocycles. The monoisotopic (exact) mass is 524 g/mol. The topological polar surface area (TPSA) is 90.7 Å². The fourth-order valence-electron chi connectivity index (χ4n) is 4.58. The first-order valence-corrected chi connectivity index (χ1v) is 12.9. The van der Waals surface area contributed by atoms with Gasteiger partial charge >= 0.3 is 5.63 Å². The molecule has 1 aromatic heterocycles. The largest absolute Gasteiger partial charge is 0.366 e. The maximum absolute atomic E-state index is 13.7. The van der Waals surface area contributed by atoms with E-state index in [0.717, 1.165) is 22.3 Å². The number of hydrogen-bond donors (Lipinski definition) is 1. The Morgan fingerprint density at radius 3 is 2.33 bits per heavy atom. The number of benzene rings is 3. The molecule has 1 fully saturated rings. The van der Waals surface area contributed by atoms with E-state index in [1.54, 1.807) is 25.1 Å².